The molecule has 0 saturated heterocycles. The van der Waals surface area contributed by atoms with E-state index in [1.807, 2.05) is 0 Å². The second-order valence-corrected chi connectivity index (χ2v) is 2.28. The Balaban J connectivity index is 3.78. The molecule has 0 aliphatic carbocycles. The fourth-order valence-corrected chi connectivity index (χ4v) is 0.493. The maximum Gasteiger partial charge on any atom is 0.327 e. The van der Waals surface area contributed by atoms with Gasteiger partial charge in [-0.1, -0.05) is 13.0 Å². The normalized spacial score (nSPS) is 12.3. The van der Waals surface area contributed by atoms with E-state index in [4.69, 9.17) is 15.3 Å². The Morgan fingerprint density at radius 1 is 1.55 bits per heavy atom. The van der Waals surface area contributed by atoms with Crippen molar-refractivity contribution in [1.29, 1.82) is 0 Å². The van der Waals surface area contributed by atoms with Crippen molar-refractivity contribution in [3.05, 3.63) is 12.2 Å². The summed E-state index contributed by atoms with van der Waals surface area (Å²) in [7, 11) is 0. The van der Waals surface area contributed by atoms with E-state index in [1.165, 1.54) is 6.08 Å². The van der Waals surface area contributed by atoms with Crippen LogP contribution in [0.1, 0.15) is 19.8 Å². The van der Waals surface area contributed by atoms with Crippen LogP contribution in [-0.4, -0.2) is 27.1 Å². The number of carboxylic acids is 1. The molecule has 4 nitrogen and oxygen atoms in total. The standard InChI is InChI=1S/C7H12O4/c1-2-7(10,11)5-3-4-6(8)9/h3-4,10-11H,2,5H2,1H3,(H,8,9)/b4-3+. The average molecular weight is 160 g/mol. The van der Waals surface area contributed by atoms with E-state index in [1.54, 1.807) is 6.92 Å². The van der Waals surface area contributed by atoms with Crippen LogP contribution in [0.15, 0.2) is 12.2 Å². The van der Waals surface area contributed by atoms with Crippen LogP contribution in [0.3, 0.4) is 0 Å². The van der Waals surface area contributed by atoms with Gasteiger partial charge < -0.3 is 15.3 Å². The molecule has 0 rings (SSSR count). The lowest BCUT2D eigenvalue weighted by molar-refractivity contribution is -0.158. The number of carbonyl (C=O) groups is 1. The first kappa shape index (κ1) is 10.1. The van der Waals surface area contributed by atoms with E-state index < -0.39 is 11.8 Å². The number of hydrogen-bond donors (Lipinski definition) is 3. The predicted molar refractivity (Wildman–Crippen MR) is 38.9 cm³/mol. The van der Waals surface area contributed by atoms with Gasteiger partial charge in [-0.2, -0.15) is 0 Å². The minimum Gasteiger partial charge on any atom is -0.478 e. The molecule has 0 aromatic heterocycles. The van der Waals surface area contributed by atoms with Gasteiger partial charge in [0.25, 0.3) is 0 Å². The van der Waals surface area contributed by atoms with Crippen molar-refractivity contribution in [2.24, 2.45) is 0 Å². The van der Waals surface area contributed by atoms with Crippen molar-refractivity contribution in [1.82, 2.24) is 0 Å². The first-order valence-corrected chi connectivity index (χ1v) is 3.32. The maximum atomic E-state index is 9.92. The summed E-state index contributed by atoms with van der Waals surface area (Å²) in [6.45, 7) is 1.61. The van der Waals surface area contributed by atoms with Crippen LogP contribution in [0, 0.1) is 0 Å². The lowest BCUT2D eigenvalue weighted by Gasteiger charge is -2.16. The fourth-order valence-electron chi connectivity index (χ4n) is 0.493. The van der Waals surface area contributed by atoms with Gasteiger partial charge >= 0.3 is 5.97 Å². The molecule has 0 atom stereocenters. The molecule has 0 heterocycles. The van der Waals surface area contributed by atoms with Gasteiger partial charge in [-0.3, -0.25) is 0 Å². The molecule has 0 aliphatic rings. The quantitative estimate of drug-likeness (QED) is 0.403. The summed E-state index contributed by atoms with van der Waals surface area (Å²) >= 11 is 0. The number of aliphatic hydroxyl groups is 2. The summed E-state index contributed by atoms with van der Waals surface area (Å²) in [4.78, 5) is 9.92. The number of rotatable bonds is 4. The third kappa shape index (κ3) is 5.57. The Bertz CT molecular complexity index is 160. The minimum atomic E-state index is -1.77. The van der Waals surface area contributed by atoms with Crippen molar-refractivity contribution in [3.63, 3.8) is 0 Å². The summed E-state index contributed by atoms with van der Waals surface area (Å²) in [5.74, 6) is -2.86. The summed E-state index contributed by atoms with van der Waals surface area (Å²) in [6.07, 6.45) is 2.22. The van der Waals surface area contributed by atoms with E-state index in [0.29, 0.717) is 0 Å². The molecular weight excluding hydrogens is 148 g/mol. The van der Waals surface area contributed by atoms with E-state index in [2.05, 4.69) is 0 Å². The molecule has 64 valence electrons. The molecule has 0 aliphatic heterocycles. The van der Waals surface area contributed by atoms with Crippen LogP contribution >= 0.6 is 0 Å². The van der Waals surface area contributed by atoms with Crippen molar-refractivity contribution in [2.45, 2.75) is 25.6 Å². The van der Waals surface area contributed by atoms with Gasteiger partial charge in [-0.15, -0.1) is 0 Å². The summed E-state index contributed by atoms with van der Waals surface area (Å²) < 4.78 is 0. The van der Waals surface area contributed by atoms with Crippen molar-refractivity contribution in [2.75, 3.05) is 0 Å². The van der Waals surface area contributed by atoms with Crippen LogP contribution in [0.25, 0.3) is 0 Å². The van der Waals surface area contributed by atoms with Crippen molar-refractivity contribution >= 4 is 5.97 Å². The van der Waals surface area contributed by atoms with E-state index in [9.17, 15) is 4.79 Å². The molecule has 0 amide bonds. The maximum absolute atomic E-state index is 9.92. The van der Waals surface area contributed by atoms with Crippen molar-refractivity contribution < 1.29 is 20.1 Å². The molecule has 3 N–H and O–H groups in total. The molecule has 0 radical (unpaired) electrons. The Morgan fingerprint density at radius 2 is 2.09 bits per heavy atom. The largest absolute Gasteiger partial charge is 0.478 e. The third-order valence-electron chi connectivity index (χ3n) is 1.27. The molecule has 0 bridgehead atoms. The Morgan fingerprint density at radius 3 is 2.45 bits per heavy atom. The van der Waals surface area contributed by atoms with Gasteiger partial charge in [0.05, 0.1) is 0 Å². The van der Waals surface area contributed by atoms with E-state index >= 15 is 0 Å². The van der Waals surface area contributed by atoms with Gasteiger partial charge in [0, 0.05) is 12.5 Å². The molecule has 0 spiro atoms. The first-order valence-electron chi connectivity index (χ1n) is 3.32. The summed E-state index contributed by atoms with van der Waals surface area (Å²) in [5.41, 5.74) is 0. The highest BCUT2D eigenvalue weighted by molar-refractivity contribution is 5.79. The zero-order valence-electron chi connectivity index (χ0n) is 6.32. The number of aliphatic carboxylic acids is 1. The Hall–Kier alpha value is -0.870. The second kappa shape index (κ2) is 4.10. The summed E-state index contributed by atoms with van der Waals surface area (Å²) in [5, 5.41) is 26.0. The SMILES string of the molecule is CCC(O)(O)C/C=C/C(=O)O. The smallest absolute Gasteiger partial charge is 0.327 e. The fraction of sp³-hybridized carbons (Fsp3) is 0.571. The highest BCUT2D eigenvalue weighted by atomic mass is 16.5. The molecule has 0 aromatic carbocycles. The van der Waals surface area contributed by atoms with Crippen LogP contribution in [0.2, 0.25) is 0 Å². The van der Waals surface area contributed by atoms with Crippen LogP contribution < -0.4 is 0 Å². The molecule has 4 heteroatoms. The predicted octanol–water partition coefficient (Wildman–Crippen LogP) is 0.108. The highest BCUT2D eigenvalue weighted by Gasteiger charge is 2.17. The van der Waals surface area contributed by atoms with Gasteiger partial charge in [0.15, 0.2) is 5.79 Å². The summed E-state index contributed by atoms with van der Waals surface area (Å²) in [6, 6.07) is 0. The zero-order chi connectivity index (χ0) is 8.91. The van der Waals surface area contributed by atoms with Crippen LogP contribution in [0.5, 0.6) is 0 Å². The third-order valence-corrected chi connectivity index (χ3v) is 1.27. The van der Waals surface area contributed by atoms with Gasteiger partial charge in [0.2, 0.25) is 0 Å². The molecular formula is C7H12O4. The average Bonchev–Trinajstić information content (AvgIpc) is 1.87. The zero-order valence-corrected chi connectivity index (χ0v) is 6.32. The Kier molecular flexibility index (Phi) is 3.78. The Labute approximate surface area is 64.8 Å². The van der Waals surface area contributed by atoms with E-state index in [0.717, 1.165) is 6.08 Å². The van der Waals surface area contributed by atoms with Gasteiger partial charge in [0.1, 0.15) is 0 Å². The molecule has 0 fully saturated rings. The number of carboxylic acid groups (broad SMARTS) is 1. The molecule has 11 heavy (non-hydrogen) atoms. The van der Waals surface area contributed by atoms with Crippen molar-refractivity contribution in [3.8, 4) is 0 Å². The molecule has 0 unspecified atom stereocenters. The second-order valence-electron chi connectivity index (χ2n) is 2.28. The topological polar surface area (TPSA) is 77.8 Å². The lowest BCUT2D eigenvalue weighted by Crippen LogP contribution is -2.25. The minimum absolute atomic E-state index is 0.0597. The number of hydrogen-bond acceptors (Lipinski definition) is 3. The van der Waals surface area contributed by atoms with E-state index in [-0.39, 0.29) is 12.8 Å². The lowest BCUT2D eigenvalue weighted by atomic mass is 10.1. The van der Waals surface area contributed by atoms with Crippen LogP contribution in [0.4, 0.5) is 0 Å². The first-order chi connectivity index (χ1) is 4.98. The monoisotopic (exact) mass is 160 g/mol. The van der Waals surface area contributed by atoms with Gasteiger partial charge in [-0.25, -0.2) is 4.79 Å². The molecule has 0 saturated carbocycles. The highest BCUT2D eigenvalue weighted by Crippen LogP contribution is 2.10. The molecule has 0 aromatic rings. The van der Waals surface area contributed by atoms with Crippen LogP contribution in [-0.2, 0) is 4.79 Å². The van der Waals surface area contributed by atoms with Gasteiger partial charge in [-0.05, 0) is 6.42 Å².